The summed E-state index contributed by atoms with van der Waals surface area (Å²) in [4.78, 5) is 20.1. The third-order valence-electron chi connectivity index (χ3n) is 1.81. The predicted molar refractivity (Wildman–Crippen MR) is 59.7 cm³/mol. The lowest BCUT2D eigenvalue weighted by atomic mass is 10.2. The maximum atomic E-state index is 10.2. The second kappa shape index (κ2) is 10.7. The van der Waals surface area contributed by atoms with Gasteiger partial charge in [0.05, 0.1) is 0 Å². The number of carbonyl (C=O) groups excluding carboxylic acids is 1. The summed E-state index contributed by atoms with van der Waals surface area (Å²) < 4.78 is 0. The topological polar surface area (TPSA) is 54.4 Å². The molecule has 0 bridgehead atoms. The summed E-state index contributed by atoms with van der Waals surface area (Å²) in [5.41, 5.74) is 0. The van der Waals surface area contributed by atoms with Crippen LogP contribution < -0.4 is 0 Å². The highest BCUT2D eigenvalue weighted by Gasteiger charge is 1.90. The van der Waals surface area contributed by atoms with E-state index in [0.29, 0.717) is 12.8 Å². The number of allylic oxidation sites excluding steroid dienone is 4. The summed E-state index contributed by atoms with van der Waals surface area (Å²) in [5, 5.41) is 8.36. The molecule has 0 saturated carbocycles. The molecule has 0 aliphatic carbocycles. The molecule has 1 N–H and O–H groups in total. The number of carbonyl (C=O) groups is 2. The molecule has 0 aromatic rings. The predicted octanol–water partition coefficient (Wildman–Crippen LogP) is 2.72. The van der Waals surface area contributed by atoms with E-state index in [1.54, 1.807) is 0 Å². The molecule has 84 valence electrons. The van der Waals surface area contributed by atoms with Gasteiger partial charge >= 0.3 is 5.97 Å². The molecule has 0 fully saturated rings. The number of aldehydes is 1. The van der Waals surface area contributed by atoms with Gasteiger partial charge in [0.1, 0.15) is 6.29 Å². The van der Waals surface area contributed by atoms with Crippen molar-refractivity contribution in [2.24, 2.45) is 0 Å². The Kier molecular flexibility index (Phi) is 9.71. The molecular formula is C12H18O3. The lowest BCUT2D eigenvalue weighted by molar-refractivity contribution is -0.136. The number of hydrogen-bond acceptors (Lipinski definition) is 2. The number of rotatable bonds is 9. The summed E-state index contributed by atoms with van der Waals surface area (Å²) >= 11 is 0. The van der Waals surface area contributed by atoms with Crippen molar-refractivity contribution in [2.75, 3.05) is 0 Å². The van der Waals surface area contributed by atoms with E-state index in [1.807, 2.05) is 24.3 Å². The second-order valence-electron chi connectivity index (χ2n) is 3.20. The molecule has 0 unspecified atom stereocenters. The average Bonchev–Trinajstić information content (AvgIpc) is 2.20. The van der Waals surface area contributed by atoms with Gasteiger partial charge in [-0.3, -0.25) is 4.79 Å². The van der Waals surface area contributed by atoms with Crippen molar-refractivity contribution in [1.29, 1.82) is 0 Å². The Bertz CT molecular complexity index is 229. The van der Waals surface area contributed by atoms with Crippen molar-refractivity contribution in [3.8, 4) is 0 Å². The minimum absolute atomic E-state index is 0.200. The molecule has 15 heavy (non-hydrogen) atoms. The third kappa shape index (κ3) is 12.6. The molecule has 0 saturated heterocycles. The Labute approximate surface area is 90.5 Å². The van der Waals surface area contributed by atoms with E-state index in [1.165, 1.54) is 0 Å². The van der Waals surface area contributed by atoms with Crippen molar-refractivity contribution in [3.63, 3.8) is 0 Å². The number of carboxylic acids is 1. The standard InChI is InChI=1S/C12H18O3/c13-11-9-7-5-3-1-2-4-6-8-10-12(14)15/h3-6,11H,1-2,7-10H2,(H,14,15)/b5-3+,6-4+. The average molecular weight is 210 g/mol. The van der Waals surface area contributed by atoms with Gasteiger partial charge in [-0.1, -0.05) is 24.3 Å². The van der Waals surface area contributed by atoms with Crippen molar-refractivity contribution in [2.45, 2.75) is 38.5 Å². The third-order valence-corrected chi connectivity index (χ3v) is 1.81. The second-order valence-corrected chi connectivity index (χ2v) is 3.20. The summed E-state index contributed by atoms with van der Waals surface area (Å²) in [6.07, 6.45) is 12.9. The summed E-state index contributed by atoms with van der Waals surface area (Å²) in [6.45, 7) is 0. The maximum Gasteiger partial charge on any atom is 0.303 e. The molecule has 0 spiro atoms. The van der Waals surface area contributed by atoms with Crippen LogP contribution in [0.3, 0.4) is 0 Å². The van der Waals surface area contributed by atoms with Crippen LogP contribution in [0.15, 0.2) is 24.3 Å². The van der Waals surface area contributed by atoms with Gasteiger partial charge in [-0.2, -0.15) is 0 Å². The zero-order chi connectivity index (χ0) is 11.4. The van der Waals surface area contributed by atoms with E-state index >= 15 is 0 Å². The Hall–Kier alpha value is -1.38. The first-order valence-corrected chi connectivity index (χ1v) is 5.22. The van der Waals surface area contributed by atoms with Crippen molar-refractivity contribution in [3.05, 3.63) is 24.3 Å². The van der Waals surface area contributed by atoms with Crippen molar-refractivity contribution >= 4 is 12.3 Å². The Morgan fingerprint density at radius 1 is 0.867 bits per heavy atom. The van der Waals surface area contributed by atoms with Gasteiger partial charge < -0.3 is 9.90 Å². The molecule has 0 aliphatic heterocycles. The monoisotopic (exact) mass is 210 g/mol. The van der Waals surface area contributed by atoms with E-state index in [9.17, 15) is 9.59 Å². The zero-order valence-electron chi connectivity index (χ0n) is 8.89. The van der Waals surface area contributed by atoms with Crippen LogP contribution in [0.1, 0.15) is 38.5 Å². The molecule has 0 aromatic carbocycles. The number of unbranched alkanes of at least 4 members (excludes halogenated alkanes) is 2. The summed E-state index contributed by atoms with van der Waals surface area (Å²) in [7, 11) is 0. The fourth-order valence-corrected chi connectivity index (χ4v) is 1.03. The quantitative estimate of drug-likeness (QED) is 0.361. The first-order chi connectivity index (χ1) is 7.27. The molecule has 0 atom stereocenters. The number of carboxylic acid groups (broad SMARTS) is 1. The molecule has 0 aliphatic rings. The zero-order valence-corrected chi connectivity index (χ0v) is 8.89. The highest BCUT2D eigenvalue weighted by Crippen LogP contribution is 1.98. The first kappa shape index (κ1) is 13.6. The minimum atomic E-state index is -0.756. The van der Waals surface area contributed by atoms with E-state index in [-0.39, 0.29) is 6.42 Å². The van der Waals surface area contributed by atoms with E-state index in [2.05, 4.69) is 0 Å². The molecule has 0 radical (unpaired) electrons. The van der Waals surface area contributed by atoms with Crippen LogP contribution in [0.4, 0.5) is 0 Å². The van der Waals surface area contributed by atoms with Gasteiger partial charge in [0.2, 0.25) is 0 Å². The Balaban J connectivity index is 3.25. The largest absolute Gasteiger partial charge is 0.481 e. The van der Waals surface area contributed by atoms with Gasteiger partial charge in [0, 0.05) is 12.8 Å². The Morgan fingerprint density at radius 3 is 1.80 bits per heavy atom. The van der Waals surface area contributed by atoms with Crippen LogP contribution in [0.2, 0.25) is 0 Å². The van der Waals surface area contributed by atoms with Crippen LogP contribution >= 0.6 is 0 Å². The first-order valence-electron chi connectivity index (χ1n) is 5.22. The van der Waals surface area contributed by atoms with Crippen LogP contribution in [0.5, 0.6) is 0 Å². The lowest BCUT2D eigenvalue weighted by Crippen LogP contribution is -1.91. The van der Waals surface area contributed by atoms with Gasteiger partial charge in [0.25, 0.3) is 0 Å². The normalized spacial score (nSPS) is 11.2. The minimum Gasteiger partial charge on any atom is -0.481 e. The Morgan fingerprint density at radius 2 is 1.33 bits per heavy atom. The fourth-order valence-electron chi connectivity index (χ4n) is 1.03. The molecule has 0 rings (SSSR count). The van der Waals surface area contributed by atoms with E-state index in [0.717, 1.165) is 25.5 Å². The van der Waals surface area contributed by atoms with E-state index < -0.39 is 5.97 Å². The van der Waals surface area contributed by atoms with Crippen molar-refractivity contribution < 1.29 is 14.7 Å². The van der Waals surface area contributed by atoms with Crippen LogP contribution in [-0.4, -0.2) is 17.4 Å². The maximum absolute atomic E-state index is 10.2. The SMILES string of the molecule is O=CCC/C=C/CC/C=C/CCC(=O)O. The highest BCUT2D eigenvalue weighted by atomic mass is 16.4. The van der Waals surface area contributed by atoms with Gasteiger partial charge in [0.15, 0.2) is 0 Å². The smallest absolute Gasteiger partial charge is 0.303 e. The molecule has 3 nitrogen and oxygen atoms in total. The highest BCUT2D eigenvalue weighted by molar-refractivity contribution is 5.66. The van der Waals surface area contributed by atoms with Crippen LogP contribution in [-0.2, 0) is 9.59 Å². The lowest BCUT2D eigenvalue weighted by Gasteiger charge is -1.89. The van der Waals surface area contributed by atoms with Gasteiger partial charge in [-0.15, -0.1) is 0 Å². The molecule has 0 aromatic heterocycles. The van der Waals surface area contributed by atoms with Gasteiger partial charge in [-0.05, 0) is 25.7 Å². The molecular weight excluding hydrogens is 192 g/mol. The van der Waals surface area contributed by atoms with Crippen LogP contribution in [0, 0.1) is 0 Å². The fraction of sp³-hybridized carbons (Fsp3) is 0.500. The molecule has 0 heterocycles. The number of aliphatic carboxylic acids is 1. The number of hydrogen-bond donors (Lipinski definition) is 1. The van der Waals surface area contributed by atoms with Crippen molar-refractivity contribution in [1.82, 2.24) is 0 Å². The summed E-state index contributed by atoms with van der Waals surface area (Å²) in [5.74, 6) is -0.756. The summed E-state index contributed by atoms with van der Waals surface area (Å²) in [6, 6.07) is 0. The van der Waals surface area contributed by atoms with E-state index in [4.69, 9.17) is 5.11 Å². The van der Waals surface area contributed by atoms with Crippen LogP contribution in [0.25, 0.3) is 0 Å². The molecule has 3 heteroatoms. The van der Waals surface area contributed by atoms with Gasteiger partial charge in [-0.25, -0.2) is 0 Å². The molecule has 0 amide bonds.